The average molecular weight is 359 g/mol. The minimum atomic E-state index is -3.77. The molecule has 0 heterocycles. The van der Waals surface area contributed by atoms with Crippen LogP contribution in [0, 0.1) is 5.82 Å². The van der Waals surface area contributed by atoms with Crippen molar-refractivity contribution in [1.29, 1.82) is 0 Å². The van der Waals surface area contributed by atoms with Gasteiger partial charge in [0.2, 0.25) is 10.0 Å². The summed E-state index contributed by atoms with van der Waals surface area (Å²) in [7, 11) is -3.77. The van der Waals surface area contributed by atoms with Crippen LogP contribution in [0.5, 0.6) is 0 Å². The Balaban J connectivity index is 2.14. The molecule has 4 nitrogen and oxygen atoms in total. The second kappa shape index (κ2) is 5.90. The smallest absolute Gasteiger partial charge is 0.240 e. The molecule has 0 aromatic heterocycles. The van der Waals surface area contributed by atoms with Gasteiger partial charge in [0.1, 0.15) is 5.82 Å². The lowest BCUT2D eigenvalue weighted by molar-refractivity contribution is 0.578. The number of nitrogens with one attached hydrogen (secondary N) is 1. The van der Waals surface area contributed by atoms with Gasteiger partial charge in [-0.1, -0.05) is 28.1 Å². The maximum absolute atomic E-state index is 13.3. The molecule has 7 heteroatoms. The van der Waals surface area contributed by atoms with Gasteiger partial charge in [-0.2, -0.15) is 0 Å². The third-order valence-electron chi connectivity index (χ3n) is 2.66. The van der Waals surface area contributed by atoms with Gasteiger partial charge in [-0.05, 0) is 35.9 Å². The zero-order chi connectivity index (χ0) is 14.8. The normalized spacial score (nSPS) is 11.5. The van der Waals surface area contributed by atoms with Crippen LogP contribution in [-0.4, -0.2) is 8.42 Å². The summed E-state index contributed by atoms with van der Waals surface area (Å²) < 4.78 is 40.6. The highest BCUT2D eigenvalue weighted by molar-refractivity contribution is 9.10. The molecule has 0 atom stereocenters. The van der Waals surface area contributed by atoms with E-state index in [1.54, 1.807) is 12.1 Å². The van der Waals surface area contributed by atoms with Crippen molar-refractivity contribution in [3.05, 3.63) is 58.3 Å². The Kier molecular flexibility index (Phi) is 4.42. The molecule has 0 bridgehead atoms. The predicted octanol–water partition coefficient (Wildman–Crippen LogP) is 2.65. The Morgan fingerprint density at radius 2 is 1.80 bits per heavy atom. The molecular formula is C13H12BrFN2O2S. The zero-order valence-corrected chi connectivity index (χ0v) is 12.7. The van der Waals surface area contributed by atoms with E-state index in [4.69, 9.17) is 5.73 Å². The third kappa shape index (κ3) is 3.56. The SMILES string of the molecule is Nc1ccc(S(=O)(=O)NCc2ccc(Br)cc2)cc1F. The van der Waals surface area contributed by atoms with E-state index in [9.17, 15) is 12.8 Å². The molecule has 2 aromatic carbocycles. The number of hydrogen-bond donors (Lipinski definition) is 2. The van der Waals surface area contributed by atoms with Crippen LogP contribution in [-0.2, 0) is 16.6 Å². The molecule has 2 rings (SSSR count). The second-order valence-corrected chi connectivity index (χ2v) is 6.82. The Hall–Kier alpha value is -1.44. The highest BCUT2D eigenvalue weighted by atomic mass is 79.9. The van der Waals surface area contributed by atoms with E-state index in [1.807, 2.05) is 12.1 Å². The maximum atomic E-state index is 13.3. The minimum absolute atomic E-state index is 0.0862. The summed E-state index contributed by atoms with van der Waals surface area (Å²) in [6, 6.07) is 10.6. The van der Waals surface area contributed by atoms with Crippen LogP contribution in [0.4, 0.5) is 10.1 Å². The van der Waals surface area contributed by atoms with Gasteiger partial charge in [0.05, 0.1) is 10.6 Å². The molecule has 3 N–H and O–H groups in total. The number of anilines is 1. The van der Waals surface area contributed by atoms with Gasteiger partial charge < -0.3 is 5.73 Å². The Morgan fingerprint density at radius 1 is 1.15 bits per heavy atom. The molecule has 0 aliphatic heterocycles. The maximum Gasteiger partial charge on any atom is 0.240 e. The lowest BCUT2D eigenvalue weighted by Crippen LogP contribution is -2.23. The van der Waals surface area contributed by atoms with E-state index in [0.29, 0.717) is 0 Å². The van der Waals surface area contributed by atoms with Gasteiger partial charge in [-0.15, -0.1) is 0 Å². The molecule has 0 saturated heterocycles. The van der Waals surface area contributed by atoms with E-state index >= 15 is 0 Å². The van der Waals surface area contributed by atoms with Crippen LogP contribution in [0.15, 0.2) is 51.8 Å². The first-order chi connectivity index (χ1) is 9.38. The first-order valence-electron chi connectivity index (χ1n) is 5.67. The summed E-state index contributed by atoms with van der Waals surface area (Å²) in [6.45, 7) is 0.127. The monoisotopic (exact) mass is 358 g/mol. The molecule has 0 spiro atoms. The zero-order valence-electron chi connectivity index (χ0n) is 10.3. The molecule has 0 radical (unpaired) electrons. The fourth-order valence-corrected chi connectivity index (χ4v) is 2.83. The summed E-state index contributed by atoms with van der Waals surface area (Å²) >= 11 is 3.30. The van der Waals surface area contributed by atoms with Gasteiger partial charge in [-0.3, -0.25) is 0 Å². The summed E-state index contributed by atoms with van der Waals surface area (Å²) in [5, 5.41) is 0. The number of nitrogen functional groups attached to an aromatic ring is 1. The van der Waals surface area contributed by atoms with Gasteiger partial charge in [0.15, 0.2) is 0 Å². The number of benzene rings is 2. The lowest BCUT2D eigenvalue weighted by Gasteiger charge is -2.08. The minimum Gasteiger partial charge on any atom is -0.396 e. The molecule has 0 unspecified atom stereocenters. The molecule has 0 aliphatic rings. The van der Waals surface area contributed by atoms with Gasteiger partial charge >= 0.3 is 0 Å². The molecule has 106 valence electrons. The van der Waals surface area contributed by atoms with Crippen LogP contribution < -0.4 is 10.5 Å². The number of nitrogens with two attached hydrogens (primary N) is 1. The van der Waals surface area contributed by atoms with Crippen molar-refractivity contribution in [3.8, 4) is 0 Å². The number of hydrogen-bond acceptors (Lipinski definition) is 3. The van der Waals surface area contributed by atoms with Crippen molar-refractivity contribution in [2.45, 2.75) is 11.4 Å². The lowest BCUT2D eigenvalue weighted by atomic mass is 10.2. The van der Waals surface area contributed by atoms with Crippen molar-refractivity contribution < 1.29 is 12.8 Å². The van der Waals surface area contributed by atoms with E-state index in [0.717, 1.165) is 16.1 Å². The van der Waals surface area contributed by atoms with Crippen molar-refractivity contribution in [3.63, 3.8) is 0 Å². The van der Waals surface area contributed by atoms with E-state index in [1.165, 1.54) is 12.1 Å². The number of sulfonamides is 1. The van der Waals surface area contributed by atoms with Gasteiger partial charge in [0.25, 0.3) is 0 Å². The van der Waals surface area contributed by atoms with Crippen molar-refractivity contribution in [1.82, 2.24) is 4.72 Å². The van der Waals surface area contributed by atoms with Gasteiger partial charge in [0, 0.05) is 11.0 Å². The molecule has 0 aliphatic carbocycles. The Morgan fingerprint density at radius 3 is 2.40 bits per heavy atom. The van der Waals surface area contributed by atoms with Crippen molar-refractivity contribution >= 4 is 31.6 Å². The Bertz CT molecular complexity index is 718. The third-order valence-corrected chi connectivity index (χ3v) is 4.59. The number of rotatable bonds is 4. The van der Waals surface area contributed by atoms with Crippen molar-refractivity contribution in [2.75, 3.05) is 5.73 Å². The van der Waals surface area contributed by atoms with Crippen LogP contribution in [0.1, 0.15) is 5.56 Å². The number of halogens is 2. The Labute approximate surface area is 125 Å². The molecular weight excluding hydrogens is 347 g/mol. The first kappa shape index (κ1) is 15.0. The van der Waals surface area contributed by atoms with Crippen molar-refractivity contribution in [2.24, 2.45) is 0 Å². The average Bonchev–Trinajstić information content (AvgIpc) is 2.41. The van der Waals surface area contributed by atoms with Crippen LogP contribution >= 0.6 is 15.9 Å². The molecule has 0 saturated carbocycles. The quantitative estimate of drug-likeness (QED) is 0.825. The predicted molar refractivity (Wildman–Crippen MR) is 79.0 cm³/mol. The highest BCUT2D eigenvalue weighted by Gasteiger charge is 2.15. The summed E-state index contributed by atoms with van der Waals surface area (Å²) in [5.41, 5.74) is 6.03. The van der Waals surface area contributed by atoms with Gasteiger partial charge in [-0.25, -0.2) is 17.5 Å². The molecule has 0 fully saturated rings. The van der Waals surface area contributed by atoms with E-state index in [-0.39, 0.29) is 17.1 Å². The summed E-state index contributed by atoms with van der Waals surface area (Å²) in [6.07, 6.45) is 0. The van der Waals surface area contributed by atoms with Crippen LogP contribution in [0.3, 0.4) is 0 Å². The summed E-state index contributed by atoms with van der Waals surface area (Å²) in [5.74, 6) is -0.753. The van der Waals surface area contributed by atoms with E-state index in [2.05, 4.69) is 20.7 Å². The fraction of sp³-hybridized carbons (Fsp3) is 0.0769. The molecule has 0 amide bonds. The largest absolute Gasteiger partial charge is 0.396 e. The highest BCUT2D eigenvalue weighted by Crippen LogP contribution is 2.17. The fourth-order valence-electron chi connectivity index (χ4n) is 1.54. The first-order valence-corrected chi connectivity index (χ1v) is 7.95. The molecule has 2 aromatic rings. The topological polar surface area (TPSA) is 72.2 Å². The van der Waals surface area contributed by atoms with Crippen LogP contribution in [0.2, 0.25) is 0 Å². The summed E-state index contributed by atoms with van der Waals surface area (Å²) in [4.78, 5) is -0.152. The van der Waals surface area contributed by atoms with E-state index < -0.39 is 15.8 Å². The van der Waals surface area contributed by atoms with Crippen LogP contribution in [0.25, 0.3) is 0 Å². The standard InChI is InChI=1S/C13H12BrFN2O2S/c14-10-3-1-9(2-4-10)8-17-20(18,19)11-5-6-13(16)12(15)7-11/h1-7,17H,8,16H2. The second-order valence-electron chi connectivity index (χ2n) is 4.13. The molecule has 20 heavy (non-hydrogen) atoms.